The fourth-order valence-electron chi connectivity index (χ4n) is 3.87. The first-order chi connectivity index (χ1) is 13.5. The van der Waals surface area contributed by atoms with Gasteiger partial charge in [-0.25, -0.2) is 0 Å². The van der Waals surface area contributed by atoms with Gasteiger partial charge in [0.2, 0.25) is 0 Å². The van der Waals surface area contributed by atoms with Gasteiger partial charge in [-0.15, -0.1) is 0 Å². The number of Topliss-reactive ketones (excluding diaryl/α,β-unsaturated/α-hetero) is 1. The van der Waals surface area contributed by atoms with Gasteiger partial charge in [0.1, 0.15) is 5.41 Å². The van der Waals surface area contributed by atoms with E-state index in [0.29, 0.717) is 32.5 Å². The summed E-state index contributed by atoms with van der Waals surface area (Å²) in [6.07, 6.45) is 0.702. The summed E-state index contributed by atoms with van der Waals surface area (Å²) in [4.78, 5) is 28.3. The molecule has 0 spiro atoms. The van der Waals surface area contributed by atoms with Crippen molar-refractivity contribution in [2.45, 2.75) is 33.2 Å². The molecule has 0 amide bonds. The third kappa shape index (κ3) is 4.36. The lowest BCUT2D eigenvalue weighted by molar-refractivity contribution is -0.164. The van der Waals surface area contributed by atoms with E-state index in [1.807, 2.05) is 43.3 Å². The Morgan fingerprint density at radius 3 is 2.64 bits per heavy atom. The van der Waals surface area contributed by atoms with Gasteiger partial charge in [-0.3, -0.25) is 14.5 Å². The summed E-state index contributed by atoms with van der Waals surface area (Å²) < 4.78 is 6.34. The molecule has 0 saturated carbocycles. The number of piperidine rings is 1. The highest BCUT2D eigenvalue weighted by Gasteiger charge is 2.50. The van der Waals surface area contributed by atoms with E-state index >= 15 is 0 Å². The molecule has 0 radical (unpaired) electrons. The number of carbonyl (C=O) groups excluding carboxylic acids is 2. The van der Waals surface area contributed by atoms with Crippen LogP contribution in [-0.2, 0) is 27.3 Å². The molecule has 0 aromatic heterocycles. The second kappa shape index (κ2) is 9.01. The lowest BCUT2D eigenvalue weighted by Crippen LogP contribution is -2.55. The van der Waals surface area contributed by atoms with Gasteiger partial charge in [-0.2, -0.15) is 0 Å². The molecule has 3 rings (SSSR count). The molecular formula is C23H26BrNO3. The zero-order valence-electron chi connectivity index (χ0n) is 16.4. The normalized spacial score (nSPS) is 20.2. The maximum absolute atomic E-state index is 13.1. The van der Waals surface area contributed by atoms with E-state index in [1.54, 1.807) is 6.92 Å². The Kier molecular flexibility index (Phi) is 6.68. The number of carbonyl (C=O) groups is 2. The molecule has 1 aliphatic heterocycles. The number of nitrogens with zero attached hydrogens (tertiary/aromatic N) is 1. The Morgan fingerprint density at radius 2 is 1.93 bits per heavy atom. The quantitative estimate of drug-likeness (QED) is 0.492. The molecule has 148 valence electrons. The van der Waals surface area contributed by atoms with Crippen molar-refractivity contribution in [2.24, 2.45) is 5.41 Å². The first-order valence-corrected chi connectivity index (χ1v) is 10.5. The molecule has 1 heterocycles. The third-order valence-corrected chi connectivity index (χ3v) is 6.50. The van der Waals surface area contributed by atoms with Crippen LogP contribution in [0, 0.1) is 12.3 Å². The van der Waals surface area contributed by atoms with E-state index in [2.05, 4.69) is 33.0 Å². The van der Waals surface area contributed by atoms with Crippen LogP contribution >= 0.6 is 15.9 Å². The predicted molar refractivity (Wildman–Crippen MR) is 113 cm³/mol. The molecule has 2 aromatic rings. The van der Waals surface area contributed by atoms with Crippen molar-refractivity contribution in [3.05, 3.63) is 69.7 Å². The number of halogens is 1. The lowest BCUT2D eigenvalue weighted by Gasteiger charge is -2.40. The highest BCUT2D eigenvalue weighted by Crippen LogP contribution is 2.36. The van der Waals surface area contributed by atoms with Crippen molar-refractivity contribution >= 4 is 27.7 Å². The van der Waals surface area contributed by atoms with Gasteiger partial charge in [0.25, 0.3) is 0 Å². The molecule has 4 nitrogen and oxygen atoms in total. The fraction of sp³-hybridized carbons (Fsp3) is 0.391. The minimum Gasteiger partial charge on any atom is -0.465 e. The van der Waals surface area contributed by atoms with Gasteiger partial charge in [-0.05, 0) is 37.0 Å². The van der Waals surface area contributed by atoms with E-state index in [9.17, 15) is 9.59 Å². The zero-order valence-corrected chi connectivity index (χ0v) is 18.0. The fourth-order valence-corrected chi connectivity index (χ4v) is 4.27. The van der Waals surface area contributed by atoms with Crippen molar-refractivity contribution in [1.82, 2.24) is 4.90 Å². The second-order valence-electron chi connectivity index (χ2n) is 7.40. The van der Waals surface area contributed by atoms with E-state index in [-0.39, 0.29) is 12.4 Å². The smallest absolute Gasteiger partial charge is 0.321 e. The largest absolute Gasteiger partial charge is 0.465 e. The molecule has 0 N–H and O–H groups in total. The summed E-state index contributed by atoms with van der Waals surface area (Å²) in [7, 11) is 0. The third-order valence-electron chi connectivity index (χ3n) is 5.36. The van der Waals surface area contributed by atoms with Crippen LogP contribution in [0.25, 0.3) is 0 Å². The highest BCUT2D eigenvalue weighted by atomic mass is 79.9. The molecule has 0 aliphatic carbocycles. The van der Waals surface area contributed by atoms with Crippen molar-refractivity contribution in [2.75, 3.05) is 19.7 Å². The molecule has 0 bridgehead atoms. The van der Waals surface area contributed by atoms with Gasteiger partial charge in [-0.1, -0.05) is 64.5 Å². The molecule has 1 aliphatic rings. The Balaban J connectivity index is 1.93. The number of hydrogen-bond donors (Lipinski definition) is 0. The van der Waals surface area contributed by atoms with Crippen molar-refractivity contribution in [1.29, 1.82) is 0 Å². The topological polar surface area (TPSA) is 46.6 Å². The first kappa shape index (κ1) is 20.7. The Morgan fingerprint density at radius 1 is 1.18 bits per heavy atom. The van der Waals surface area contributed by atoms with E-state index in [4.69, 9.17) is 4.74 Å². The SMILES string of the molecule is CCOC(=O)C1(Cc2cccc(C)c2Br)CN(Cc2ccccc2)CCC1=O. The predicted octanol–water partition coefficient (Wildman–Crippen LogP) is 4.32. The first-order valence-electron chi connectivity index (χ1n) is 9.67. The number of hydrogen-bond acceptors (Lipinski definition) is 4. The number of benzene rings is 2. The van der Waals surface area contributed by atoms with E-state index in [0.717, 1.165) is 15.6 Å². The number of esters is 1. The average Bonchev–Trinajstić information content (AvgIpc) is 2.69. The van der Waals surface area contributed by atoms with Crippen LogP contribution in [-0.4, -0.2) is 36.3 Å². The molecule has 5 heteroatoms. The van der Waals surface area contributed by atoms with Crippen molar-refractivity contribution in [3.63, 3.8) is 0 Å². The number of likely N-dealkylation sites (tertiary alicyclic amines) is 1. The average molecular weight is 444 g/mol. The van der Waals surface area contributed by atoms with Gasteiger partial charge >= 0.3 is 5.97 Å². The summed E-state index contributed by atoms with van der Waals surface area (Å²) in [5.41, 5.74) is 2.05. The number of ketones is 1. The Labute approximate surface area is 175 Å². The summed E-state index contributed by atoms with van der Waals surface area (Å²) in [5.74, 6) is -0.435. The van der Waals surface area contributed by atoms with Gasteiger partial charge in [0.15, 0.2) is 5.78 Å². The van der Waals surface area contributed by atoms with E-state index in [1.165, 1.54) is 5.56 Å². The van der Waals surface area contributed by atoms with Crippen LogP contribution in [0.3, 0.4) is 0 Å². The summed E-state index contributed by atoms with van der Waals surface area (Å²) >= 11 is 3.63. The molecule has 1 unspecified atom stereocenters. The van der Waals surface area contributed by atoms with Gasteiger partial charge in [0.05, 0.1) is 6.61 Å². The van der Waals surface area contributed by atoms with Crippen molar-refractivity contribution < 1.29 is 14.3 Å². The number of aryl methyl sites for hydroxylation is 1. The summed E-state index contributed by atoms with van der Waals surface area (Å²) in [5, 5.41) is 0. The summed E-state index contributed by atoms with van der Waals surface area (Å²) in [6.45, 7) is 5.80. The minimum atomic E-state index is -1.17. The highest BCUT2D eigenvalue weighted by molar-refractivity contribution is 9.10. The molecule has 28 heavy (non-hydrogen) atoms. The number of ether oxygens (including phenoxy) is 1. The molecule has 1 fully saturated rings. The zero-order chi connectivity index (χ0) is 20.1. The van der Waals surface area contributed by atoms with Crippen LogP contribution in [0.4, 0.5) is 0 Å². The minimum absolute atomic E-state index is 0.0244. The van der Waals surface area contributed by atoms with Crippen LogP contribution in [0.5, 0.6) is 0 Å². The lowest BCUT2D eigenvalue weighted by atomic mass is 9.73. The van der Waals surface area contributed by atoms with Crippen LogP contribution in [0.2, 0.25) is 0 Å². The maximum Gasteiger partial charge on any atom is 0.321 e. The summed E-state index contributed by atoms with van der Waals surface area (Å²) in [6, 6.07) is 16.1. The molecular weight excluding hydrogens is 418 g/mol. The number of rotatable bonds is 6. The standard InChI is InChI=1S/C23H26BrNO3/c1-3-28-22(27)23(14-19-11-7-8-17(2)21(19)24)16-25(13-12-20(23)26)15-18-9-5-4-6-10-18/h4-11H,3,12-16H2,1-2H3. The van der Waals surface area contributed by atoms with Gasteiger partial charge in [0, 0.05) is 30.5 Å². The Bertz CT molecular complexity index is 852. The molecule has 1 saturated heterocycles. The van der Waals surface area contributed by atoms with Crippen LogP contribution in [0.1, 0.15) is 30.0 Å². The van der Waals surface area contributed by atoms with Gasteiger partial charge < -0.3 is 4.74 Å². The monoisotopic (exact) mass is 443 g/mol. The second-order valence-corrected chi connectivity index (χ2v) is 8.19. The van der Waals surface area contributed by atoms with E-state index < -0.39 is 11.4 Å². The molecule has 1 atom stereocenters. The van der Waals surface area contributed by atoms with Crippen LogP contribution in [0.15, 0.2) is 53.0 Å². The Hall–Kier alpha value is -1.98. The van der Waals surface area contributed by atoms with Crippen molar-refractivity contribution in [3.8, 4) is 0 Å². The maximum atomic E-state index is 13.1. The van der Waals surface area contributed by atoms with Crippen LogP contribution < -0.4 is 0 Å². The molecule has 2 aromatic carbocycles.